The Morgan fingerprint density at radius 2 is 2.53 bits per heavy atom. The first kappa shape index (κ1) is 10.5. The summed E-state index contributed by atoms with van der Waals surface area (Å²) in [7, 11) is 0. The van der Waals surface area contributed by atoms with Crippen LogP contribution in [-0.4, -0.2) is 26.2 Å². The van der Waals surface area contributed by atoms with Crippen LogP contribution in [0.4, 0.5) is 0 Å². The molecule has 0 aliphatic rings. The van der Waals surface area contributed by atoms with Crippen LogP contribution in [0.25, 0.3) is 4.96 Å². The van der Waals surface area contributed by atoms with Crippen molar-refractivity contribution in [2.75, 3.05) is 5.75 Å². The maximum atomic E-state index is 10.3. The molecule has 2 aromatic rings. The van der Waals surface area contributed by atoms with Gasteiger partial charge in [-0.15, -0.1) is 11.3 Å². The molecule has 2 aromatic heterocycles. The van der Waals surface area contributed by atoms with Crippen molar-refractivity contribution in [2.45, 2.75) is 12.2 Å². The number of thioether (sulfide) groups is 1. The van der Waals surface area contributed by atoms with Crippen LogP contribution in [0.15, 0.2) is 17.8 Å². The first-order chi connectivity index (χ1) is 7.25. The van der Waals surface area contributed by atoms with Crippen LogP contribution < -0.4 is 0 Å². The number of hydrogen-bond donors (Lipinski definition) is 1. The third kappa shape index (κ3) is 2.73. The summed E-state index contributed by atoms with van der Waals surface area (Å²) in [4.78, 5) is 15.7. The predicted octanol–water partition coefficient (Wildman–Crippen LogP) is 2.10. The smallest absolute Gasteiger partial charge is 0.304 e. The van der Waals surface area contributed by atoms with Crippen molar-refractivity contribution in [3.63, 3.8) is 0 Å². The Hall–Kier alpha value is -1.01. The summed E-state index contributed by atoms with van der Waals surface area (Å²) in [6, 6.07) is 0. The minimum absolute atomic E-state index is 0.215. The Morgan fingerprint density at radius 1 is 1.67 bits per heavy atom. The molecule has 0 aromatic carbocycles. The van der Waals surface area contributed by atoms with Crippen molar-refractivity contribution in [3.8, 4) is 0 Å². The zero-order valence-electron chi connectivity index (χ0n) is 7.92. The highest BCUT2D eigenvalue weighted by molar-refractivity contribution is 7.98. The van der Waals surface area contributed by atoms with E-state index < -0.39 is 5.97 Å². The summed E-state index contributed by atoms with van der Waals surface area (Å²) in [6.07, 6.45) is 4.17. The van der Waals surface area contributed by atoms with Crippen LogP contribution >= 0.6 is 23.1 Å². The lowest BCUT2D eigenvalue weighted by molar-refractivity contribution is -0.136. The van der Waals surface area contributed by atoms with Crippen molar-refractivity contribution in [3.05, 3.63) is 23.5 Å². The largest absolute Gasteiger partial charge is 0.481 e. The molecular formula is C9H10N2O2S2. The van der Waals surface area contributed by atoms with Gasteiger partial charge in [0.05, 0.1) is 12.1 Å². The van der Waals surface area contributed by atoms with Crippen LogP contribution in [0, 0.1) is 0 Å². The van der Waals surface area contributed by atoms with E-state index in [1.54, 1.807) is 23.1 Å². The molecule has 0 spiro atoms. The van der Waals surface area contributed by atoms with Crippen LogP contribution in [0.1, 0.15) is 12.1 Å². The number of carboxylic acid groups (broad SMARTS) is 1. The Labute approximate surface area is 94.9 Å². The molecule has 0 fully saturated rings. The van der Waals surface area contributed by atoms with Gasteiger partial charge >= 0.3 is 5.97 Å². The normalized spacial score (nSPS) is 10.9. The fourth-order valence-electron chi connectivity index (χ4n) is 1.18. The third-order valence-electron chi connectivity index (χ3n) is 1.85. The van der Waals surface area contributed by atoms with Crippen molar-refractivity contribution in [1.82, 2.24) is 9.38 Å². The van der Waals surface area contributed by atoms with E-state index in [2.05, 4.69) is 4.98 Å². The number of aromatic nitrogens is 2. The number of thiazole rings is 1. The quantitative estimate of drug-likeness (QED) is 0.816. The van der Waals surface area contributed by atoms with Gasteiger partial charge in [-0.3, -0.25) is 9.20 Å². The van der Waals surface area contributed by atoms with E-state index in [-0.39, 0.29) is 6.42 Å². The van der Waals surface area contributed by atoms with Crippen molar-refractivity contribution < 1.29 is 9.90 Å². The van der Waals surface area contributed by atoms with Gasteiger partial charge in [-0.1, -0.05) is 0 Å². The molecule has 80 valence electrons. The molecule has 0 aliphatic carbocycles. The van der Waals surface area contributed by atoms with E-state index in [4.69, 9.17) is 5.11 Å². The Kier molecular flexibility index (Phi) is 3.27. The summed E-state index contributed by atoms with van der Waals surface area (Å²) in [5.74, 6) is 0.677. The van der Waals surface area contributed by atoms with Gasteiger partial charge in [0, 0.05) is 29.3 Å². The molecule has 2 heterocycles. The first-order valence-corrected chi connectivity index (χ1v) is 6.50. The molecule has 6 heteroatoms. The molecule has 0 amide bonds. The molecule has 0 bridgehead atoms. The van der Waals surface area contributed by atoms with Crippen LogP contribution in [0.3, 0.4) is 0 Å². The lowest BCUT2D eigenvalue weighted by Gasteiger charge is -1.94. The first-order valence-electron chi connectivity index (χ1n) is 4.46. The number of aliphatic carboxylic acids is 1. The van der Waals surface area contributed by atoms with E-state index in [0.717, 1.165) is 16.4 Å². The number of carboxylic acids is 1. The Bertz CT molecular complexity index is 435. The maximum absolute atomic E-state index is 10.3. The average Bonchev–Trinajstić information content (AvgIpc) is 2.71. The maximum Gasteiger partial charge on any atom is 0.304 e. The highest BCUT2D eigenvalue weighted by atomic mass is 32.2. The van der Waals surface area contributed by atoms with Gasteiger partial charge in [0.1, 0.15) is 0 Å². The van der Waals surface area contributed by atoms with Crippen LogP contribution in [0.5, 0.6) is 0 Å². The Morgan fingerprint density at radius 3 is 3.27 bits per heavy atom. The van der Waals surface area contributed by atoms with Crippen molar-refractivity contribution in [2.24, 2.45) is 0 Å². The topological polar surface area (TPSA) is 54.6 Å². The zero-order valence-corrected chi connectivity index (χ0v) is 9.55. The summed E-state index contributed by atoms with van der Waals surface area (Å²) in [6.45, 7) is 0. The van der Waals surface area contributed by atoms with E-state index in [9.17, 15) is 4.79 Å². The van der Waals surface area contributed by atoms with Crippen molar-refractivity contribution in [1.29, 1.82) is 0 Å². The third-order valence-corrected chi connectivity index (χ3v) is 3.62. The van der Waals surface area contributed by atoms with Crippen LogP contribution in [0.2, 0.25) is 0 Å². The molecular weight excluding hydrogens is 232 g/mol. The summed E-state index contributed by atoms with van der Waals surface area (Å²) in [5.41, 5.74) is 1.01. The number of rotatable bonds is 5. The van der Waals surface area contributed by atoms with Gasteiger partial charge in [-0.2, -0.15) is 11.8 Å². The highest BCUT2D eigenvalue weighted by Gasteiger charge is 2.03. The number of nitrogens with zero attached hydrogens (tertiary/aromatic N) is 2. The number of hydrogen-bond acceptors (Lipinski definition) is 4. The average molecular weight is 242 g/mol. The van der Waals surface area contributed by atoms with E-state index >= 15 is 0 Å². The summed E-state index contributed by atoms with van der Waals surface area (Å²) >= 11 is 3.20. The van der Waals surface area contributed by atoms with E-state index in [0.29, 0.717) is 5.75 Å². The SMILES string of the molecule is O=C(O)CCSCc1cn2ccsc2n1. The number of imidazole rings is 1. The predicted molar refractivity (Wildman–Crippen MR) is 61.5 cm³/mol. The molecule has 0 saturated carbocycles. The van der Waals surface area contributed by atoms with E-state index in [1.807, 2.05) is 22.2 Å². The zero-order chi connectivity index (χ0) is 10.7. The highest BCUT2D eigenvalue weighted by Crippen LogP contribution is 2.16. The van der Waals surface area contributed by atoms with Crippen LogP contribution in [-0.2, 0) is 10.5 Å². The van der Waals surface area contributed by atoms with Crippen molar-refractivity contribution >= 4 is 34.0 Å². The number of fused-ring (bicyclic) bond motifs is 1. The summed E-state index contributed by atoms with van der Waals surface area (Å²) < 4.78 is 1.98. The van der Waals surface area contributed by atoms with Gasteiger partial charge in [-0.25, -0.2) is 4.98 Å². The molecule has 0 atom stereocenters. The van der Waals surface area contributed by atoms with Gasteiger partial charge < -0.3 is 5.11 Å². The molecule has 1 N–H and O–H groups in total. The van der Waals surface area contributed by atoms with Gasteiger partial charge in [-0.05, 0) is 0 Å². The Balaban J connectivity index is 1.84. The van der Waals surface area contributed by atoms with Gasteiger partial charge in [0.15, 0.2) is 4.96 Å². The molecule has 2 rings (SSSR count). The minimum atomic E-state index is -0.742. The molecule has 0 radical (unpaired) electrons. The van der Waals surface area contributed by atoms with Gasteiger partial charge in [0.25, 0.3) is 0 Å². The molecule has 0 unspecified atom stereocenters. The lowest BCUT2D eigenvalue weighted by atomic mass is 10.5. The molecule has 0 aliphatic heterocycles. The molecule has 0 saturated heterocycles. The van der Waals surface area contributed by atoms with Gasteiger partial charge in [0.2, 0.25) is 0 Å². The number of carbonyl (C=O) groups is 1. The second-order valence-electron chi connectivity index (χ2n) is 3.02. The fourth-order valence-corrected chi connectivity index (χ4v) is 2.71. The standard InChI is InChI=1S/C9H10N2O2S2/c12-8(13)1-3-14-6-7-5-11-2-4-15-9(11)10-7/h2,4-5H,1,3,6H2,(H,12,13). The lowest BCUT2D eigenvalue weighted by Crippen LogP contribution is -1.96. The fraction of sp³-hybridized carbons (Fsp3) is 0.333. The monoisotopic (exact) mass is 242 g/mol. The molecule has 4 nitrogen and oxygen atoms in total. The second kappa shape index (κ2) is 4.67. The summed E-state index contributed by atoms with van der Waals surface area (Å²) in [5, 5.41) is 10.5. The molecule has 15 heavy (non-hydrogen) atoms. The minimum Gasteiger partial charge on any atom is -0.481 e. The van der Waals surface area contributed by atoms with E-state index in [1.165, 1.54) is 0 Å². The second-order valence-corrected chi connectivity index (χ2v) is 5.00.